The number of rotatable bonds is 8. The summed E-state index contributed by atoms with van der Waals surface area (Å²) in [5.41, 5.74) is 1.45. The number of hydrogen-bond donors (Lipinski definition) is 2. The summed E-state index contributed by atoms with van der Waals surface area (Å²) < 4.78 is 53.7. The van der Waals surface area contributed by atoms with E-state index >= 15 is 0 Å². The first kappa shape index (κ1) is 28.0. The lowest BCUT2D eigenvalue weighted by Crippen LogP contribution is -2.27. The van der Waals surface area contributed by atoms with E-state index in [1.165, 1.54) is 57.1 Å². The highest BCUT2D eigenvalue weighted by Gasteiger charge is 2.28. The Bertz CT molecular complexity index is 1490. The standard InChI is InChI=1S/C28H30N4O6S2/c33-27(21-8-12-25(13-9-21)39(35,36)31-16-1-2-17-31)29-23-6-5-7-24(20-23)30-28(34)22-10-14-26(15-11-22)40(37,38)32-18-3-4-19-32/h5-15,20H,1-4,16-19H2,(H,29,33)(H,30,34). The molecule has 3 aromatic carbocycles. The van der Waals surface area contributed by atoms with E-state index in [2.05, 4.69) is 10.6 Å². The Balaban J connectivity index is 1.21. The van der Waals surface area contributed by atoms with Gasteiger partial charge in [0.2, 0.25) is 20.0 Å². The zero-order valence-electron chi connectivity index (χ0n) is 21.7. The van der Waals surface area contributed by atoms with Gasteiger partial charge in [-0.15, -0.1) is 0 Å². The van der Waals surface area contributed by atoms with Crippen LogP contribution in [0, 0.1) is 0 Å². The Hall–Kier alpha value is -3.58. The van der Waals surface area contributed by atoms with Crippen LogP contribution in [0.15, 0.2) is 82.6 Å². The molecular weight excluding hydrogens is 552 g/mol. The molecule has 2 N–H and O–H groups in total. The van der Waals surface area contributed by atoms with Crippen molar-refractivity contribution < 1.29 is 26.4 Å². The molecule has 210 valence electrons. The molecule has 2 aliphatic heterocycles. The number of sulfonamides is 2. The highest BCUT2D eigenvalue weighted by Crippen LogP contribution is 2.23. The molecule has 2 heterocycles. The van der Waals surface area contributed by atoms with Crippen LogP contribution in [0.5, 0.6) is 0 Å². The average Bonchev–Trinajstić information content (AvgIpc) is 3.69. The van der Waals surface area contributed by atoms with Crippen molar-refractivity contribution >= 4 is 43.2 Å². The van der Waals surface area contributed by atoms with Crippen molar-refractivity contribution in [2.45, 2.75) is 35.5 Å². The fraction of sp³-hybridized carbons (Fsp3) is 0.286. The first-order chi connectivity index (χ1) is 19.1. The third-order valence-corrected chi connectivity index (χ3v) is 10.8. The third-order valence-electron chi connectivity index (χ3n) is 7.02. The van der Waals surface area contributed by atoms with Crippen LogP contribution in [0.1, 0.15) is 46.4 Å². The number of hydrogen-bond acceptors (Lipinski definition) is 6. The number of carbonyl (C=O) groups is 2. The van der Waals surface area contributed by atoms with Crippen molar-refractivity contribution in [3.8, 4) is 0 Å². The van der Waals surface area contributed by atoms with Gasteiger partial charge in [-0.1, -0.05) is 6.07 Å². The van der Waals surface area contributed by atoms with Gasteiger partial charge in [0.05, 0.1) is 9.79 Å². The molecule has 0 spiro atoms. The number of carbonyl (C=O) groups excluding carboxylic acids is 2. The fourth-order valence-electron chi connectivity index (χ4n) is 4.79. The largest absolute Gasteiger partial charge is 0.322 e. The first-order valence-electron chi connectivity index (χ1n) is 13.1. The van der Waals surface area contributed by atoms with Crippen LogP contribution < -0.4 is 10.6 Å². The Morgan fingerprint density at radius 3 is 1.25 bits per heavy atom. The summed E-state index contributed by atoms with van der Waals surface area (Å²) in [4.78, 5) is 25.9. The van der Waals surface area contributed by atoms with Crippen LogP contribution in [0.3, 0.4) is 0 Å². The van der Waals surface area contributed by atoms with Crippen molar-refractivity contribution in [3.63, 3.8) is 0 Å². The maximum atomic E-state index is 12.8. The maximum absolute atomic E-state index is 12.8. The summed E-state index contributed by atoms with van der Waals surface area (Å²) in [6, 6.07) is 18.2. The van der Waals surface area contributed by atoms with Gasteiger partial charge in [0, 0.05) is 48.7 Å². The minimum absolute atomic E-state index is 0.150. The van der Waals surface area contributed by atoms with Gasteiger partial charge in [-0.05, 0) is 92.4 Å². The Morgan fingerprint density at radius 2 is 0.900 bits per heavy atom. The lowest BCUT2D eigenvalue weighted by molar-refractivity contribution is 0.101. The Morgan fingerprint density at radius 1 is 0.550 bits per heavy atom. The number of nitrogens with zero attached hydrogens (tertiary/aromatic N) is 2. The van der Waals surface area contributed by atoms with Gasteiger partial charge in [-0.2, -0.15) is 8.61 Å². The molecule has 2 aliphatic rings. The summed E-state index contributed by atoms with van der Waals surface area (Å²) in [7, 11) is -7.13. The van der Waals surface area contributed by atoms with Gasteiger partial charge in [0.15, 0.2) is 0 Å². The molecule has 2 fully saturated rings. The number of benzene rings is 3. The van der Waals surface area contributed by atoms with E-state index in [4.69, 9.17) is 0 Å². The number of nitrogens with one attached hydrogen (secondary N) is 2. The second-order valence-electron chi connectivity index (χ2n) is 9.76. The second kappa shape index (κ2) is 11.5. The topological polar surface area (TPSA) is 133 Å². The zero-order valence-corrected chi connectivity index (χ0v) is 23.4. The molecule has 0 aromatic heterocycles. The first-order valence-corrected chi connectivity index (χ1v) is 16.0. The fourth-order valence-corrected chi connectivity index (χ4v) is 7.83. The van der Waals surface area contributed by atoms with E-state index in [0.29, 0.717) is 48.7 Å². The molecule has 5 rings (SSSR count). The van der Waals surface area contributed by atoms with E-state index in [-0.39, 0.29) is 9.79 Å². The van der Waals surface area contributed by atoms with E-state index < -0.39 is 31.9 Å². The van der Waals surface area contributed by atoms with Crippen LogP contribution in [0.25, 0.3) is 0 Å². The quantitative estimate of drug-likeness (QED) is 0.416. The second-order valence-corrected chi connectivity index (χ2v) is 13.6. The van der Waals surface area contributed by atoms with Crippen LogP contribution in [-0.2, 0) is 20.0 Å². The van der Waals surface area contributed by atoms with Crippen LogP contribution in [0.2, 0.25) is 0 Å². The van der Waals surface area contributed by atoms with E-state index in [1.54, 1.807) is 24.3 Å². The maximum Gasteiger partial charge on any atom is 0.255 e. The SMILES string of the molecule is O=C(Nc1cccc(NC(=O)c2ccc(S(=O)(=O)N3CCCC3)cc2)c1)c1ccc(S(=O)(=O)N2CCCC2)cc1. The van der Waals surface area contributed by atoms with Crippen molar-refractivity contribution in [1.82, 2.24) is 8.61 Å². The lowest BCUT2D eigenvalue weighted by atomic mass is 10.2. The van der Waals surface area contributed by atoms with E-state index in [0.717, 1.165) is 25.7 Å². The molecular formula is C28H30N4O6S2. The molecule has 12 heteroatoms. The number of anilines is 2. The predicted octanol–water partition coefficient (Wildman–Crippen LogP) is 3.76. The van der Waals surface area contributed by atoms with Gasteiger partial charge in [-0.25, -0.2) is 16.8 Å². The van der Waals surface area contributed by atoms with Crippen LogP contribution >= 0.6 is 0 Å². The lowest BCUT2D eigenvalue weighted by Gasteiger charge is -2.15. The Labute approximate surface area is 234 Å². The highest BCUT2D eigenvalue weighted by molar-refractivity contribution is 7.89. The van der Waals surface area contributed by atoms with Gasteiger partial charge < -0.3 is 10.6 Å². The van der Waals surface area contributed by atoms with Crippen LogP contribution in [-0.4, -0.2) is 63.4 Å². The van der Waals surface area contributed by atoms with Crippen molar-refractivity contribution in [3.05, 3.63) is 83.9 Å². The summed E-state index contributed by atoms with van der Waals surface area (Å²) in [6.07, 6.45) is 3.37. The van der Waals surface area contributed by atoms with Crippen molar-refractivity contribution in [1.29, 1.82) is 0 Å². The Kier molecular flexibility index (Phi) is 8.04. The van der Waals surface area contributed by atoms with Crippen molar-refractivity contribution in [2.75, 3.05) is 36.8 Å². The minimum Gasteiger partial charge on any atom is -0.322 e. The van der Waals surface area contributed by atoms with Gasteiger partial charge in [0.25, 0.3) is 11.8 Å². The van der Waals surface area contributed by atoms with Gasteiger partial charge >= 0.3 is 0 Å². The average molecular weight is 583 g/mol. The summed E-state index contributed by atoms with van der Waals surface area (Å²) >= 11 is 0. The predicted molar refractivity (Wildman–Crippen MR) is 151 cm³/mol. The zero-order chi connectivity index (χ0) is 28.3. The summed E-state index contributed by atoms with van der Waals surface area (Å²) in [6.45, 7) is 2.01. The molecule has 2 amide bonds. The van der Waals surface area contributed by atoms with E-state index in [1.807, 2.05) is 0 Å². The molecule has 0 radical (unpaired) electrons. The van der Waals surface area contributed by atoms with Crippen LogP contribution in [0.4, 0.5) is 11.4 Å². The highest BCUT2D eigenvalue weighted by atomic mass is 32.2. The van der Waals surface area contributed by atoms with Gasteiger partial charge in [-0.3, -0.25) is 9.59 Å². The molecule has 0 atom stereocenters. The molecule has 40 heavy (non-hydrogen) atoms. The number of amides is 2. The molecule has 0 aliphatic carbocycles. The van der Waals surface area contributed by atoms with E-state index in [9.17, 15) is 26.4 Å². The summed E-state index contributed by atoms with van der Waals surface area (Å²) in [5.74, 6) is -0.855. The molecule has 0 bridgehead atoms. The summed E-state index contributed by atoms with van der Waals surface area (Å²) in [5, 5.41) is 5.51. The molecule has 0 unspecified atom stereocenters. The van der Waals surface area contributed by atoms with Gasteiger partial charge in [0.1, 0.15) is 0 Å². The molecule has 0 saturated carbocycles. The monoisotopic (exact) mass is 582 g/mol. The third kappa shape index (κ3) is 5.94. The normalized spacial score (nSPS) is 16.6. The van der Waals surface area contributed by atoms with Crippen molar-refractivity contribution in [2.24, 2.45) is 0 Å². The molecule has 10 nitrogen and oxygen atoms in total. The molecule has 3 aromatic rings. The smallest absolute Gasteiger partial charge is 0.255 e. The minimum atomic E-state index is -3.56. The molecule has 2 saturated heterocycles.